The third-order valence-electron chi connectivity index (χ3n) is 4.19. The van der Waals surface area contributed by atoms with E-state index in [-0.39, 0.29) is 0 Å². The number of hydrogen-bond donors (Lipinski definition) is 1. The van der Waals surface area contributed by atoms with Crippen molar-refractivity contribution in [2.24, 2.45) is 0 Å². The summed E-state index contributed by atoms with van der Waals surface area (Å²) in [5, 5.41) is 5.83. The van der Waals surface area contributed by atoms with Gasteiger partial charge in [-0.3, -0.25) is 4.90 Å². The van der Waals surface area contributed by atoms with Crippen molar-refractivity contribution in [2.45, 2.75) is 51.7 Å². The molecule has 3 heteroatoms. The molecule has 2 rings (SSSR count). The van der Waals surface area contributed by atoms with Crippen LogP contribution in [0, 0.1) is 0 Å². The maximum absolute atomic E-state index is 3.65. The van der Waals surface area contributed by atoms with E-state index in [4.69, 9.17) is 0 Å². The van der Waals surface area contributed by atoms with E-state index in [0.717, 1.165) is 13.1 Å². The average Bonchev–Trinajstić information content (AvgIpc) is 2.83. The molecule has 2 heterocycles. The van der Waals surface area contributed by atoms with Crippen LogP contribution in [0.3, 0.4) is 0 Å². The van der Waals surface area contributed by atoms with Gasteiger partial charge in [0, 0.05) is 36.1 Å². The zero-order valence-corrected chi connectivity index (χ0v) is 12.0. The Morgan fingerprint density at radius 3 is 2.82 bits per heavy atom. The molecule has 1 aromatic heterocycles. The van der Waals surface area contributed by atoms with Gasteiger partial charge in [0.2, 0.25) is 0 Å². The lowest BCUT2D eigenvalue weighted by atomic mass is 9.87. The Labute approximate surface area is 109 Å². The number of nitrogens with one attached hydrogen (secondary N) is 1. The van der Waals surface area contributed by atoms with Gasteiger partial charge in [-0.05, 0) is 31.2 Å². The van der Waals surface area contributed by atoms with E-state index in [1.807, 2.05) is 11.3 Å². The molecule has 0 saturated carbocycles. The van der Waals surface area contributed by atoms with Crippen LogP contribution < -0.4 is 5.32 Å². The predicted octanol–water partition coefficient (Wildman–Crippen LogP) is 3.10. The first-order valence-electron chi connectivity index (χ1n) is 6.71. The van der Waals surface area contributed by atoms with Crippen molar-refractivity contribution < 1.29 is 0 Å². The lowest BCUT2D eigenvalue weighted by Crippen LogP contribution is -2.63. The van der Waals surface area contributed by atoms with Crippen molar-refractivity contribution in [2.75, 3.05) is 13.1 Å². The minimum Gasteiger partial charge on any atom is -0.311 e. The Kier molecular flexibility index (Phi) is 4.23. The molecule has 1 fully saturated rings. The van der Waals surface area contributed by atoms with Crippen LogP contribution in [0.15, 0.2) is 17.5 Å². The third kappa shape index (κ3) is 2.72. The largest absolute Gasteiger partial charge is 0.311 e. The normalized spacial score (nSPS) is 25.0. The standard InChI is InChI=1S/C14H24N2S/c1-4-14(5-2)11-15-12(3)9-16(14)10-13-7-6-8-17-13/h6-8,12,15H,4-5,9-11H2,1-3H3. The van der Waals surface area contributed by atoms with Gasteiger partial charge in [-0.25, -0.2) is 0 Å². The molecular formula is C14H24N2S. The monoisotopic (exact) mass is 252 g/mol. The van der Waals surface area contributed by atoms with E-state index in [2.05, 4.69) is 48.5 Å². The molecule has 1 aliphatic heterocycles. The molecule has 17 heavy (non-hydrogen) atoms. The Balaban J connectivity index is 2.13. The average molecular weight is 252 g/mol. The molecule has 1 atom stereocenters. The highest BCUT2D eigenvalue weighted by molar-refractivity contribution is 7.09. The second kappa shape index (κ2) is 5.51. The van der Waals surface area contributed by atoms with Crippen molar-refractivity contribution in [3.8, 4) is 0 Å². The highest BCUT2D eigenvalue weighted by Gasteiger charge is 2.37. The van der Waals surface area contributed by atoms with Crippen LogP contribution in [0.1, 0.15) is 38.5 Å². The summed E-state index contributed by atoms with van der Waals surface area (Å²) in [7, 11) is 0. The van der Waals surface area contributed by atoms with E-state index < -0.39 is 0 Å². The van der Waals surface area contributed by atoms with E-state index >= 15 is 0 Å². The topological polar surface area (TPSA) is 15.3 Å². The fraction of sp³-hybridized carbons (Fsp3) is 0.714. The number of hydrogen-bond acceptors (Lipinski definition) is 3. The molecule has 0 bridgehead atoms. The van der Waals surface area contributed by atoms with Gasteiger partial charge in [-0.1, -0.05) is 19.9 Å². The third-order valence-corrected chi connectivity index (χ3v) is 5.05. The fourth-order valence-corrected chi connectivity index (χ4v) is 3.55. The molecule has 0 aromatic carbocycles. The predicted molar refractivity (Wildman–Crippen MR) is 75.5 cm³/mol. The first-order chi connectivity index (χ1) is 8.20. The van der Waals surface area contributed by atoms with Gasteiger partial charge < -0.3 is 5.32 Å². The quantitative estimate of drug-likeness (QED) is 0.886. The molecule has 1 saturated heterocycles. The molecular weight excluding hydrogens is 228 g/mol. The van der Waals surface area contributed by atoms with Crippen molar-refractivity contribution in [3.63, 3.8) is 0 Å². The number of rotatable bonds is 4. The summed E-state index contributed by atoms with van der Waals surface area (Å²) < 4.78 is 0. The minimum absolute atomic E-state index is 0.358. The summed E-state index contributed by atoms with van der Waals surface area (Å²) in [4.78, 5) is 4.19. The van der Waals surface area contributed by atoms with Gasteiger partial charge >= 0.3 is 0 Å². The Morgan fingerprint density at radius 2 is 2.24 bits per heavy atom. The number of thiophene rings is 1. The molecule has 96 valence electrons. The van der Waals surface area contributed by atoms with Crippen LogP contribution in [0.25, 0.3) is 0 Å². The lowest BCUT2D eigenvalue weighted by molar-refractivity contribution is 0.0287. The first-order valence-corrected chi connectivity index (χ1v) is 7.59. The summed E-state index contributed by atoms with van der Waals surface area (Å²) in [6, 6.07) is 5.03. The zero-order chi connectivity index (χ0) is 12.3. The molecule has 0 spiro atoms. The van der Waals surface area contributed by atoms with E-state index in [1.165, 1.54) is 24.3 Å². The number of piperazine rings is 1. The van der Waals surface area contributed by atoms with Gasteiger partial charge in [-0.2, -0.15) is 0 Å². The van der Waals surface area contributed by atoms with Crippen LogP contribution in [0.2, 0.25) is 0 Å². The van der Waals surface area contributed by atoms with E-state index in [0.29, 0.717) is 11.6 Å². The lowest BCUT2D eigenvalue weighted by Gasteiger charge is -2.49. The maximum Gasteiger partial charge on any atom is 0.0334 e. The zero-order valence-electron chi connectivity index (χ0n) is 11.2. The molecule has 1 unspecified atom stereocenters. The van der Waals surface area contributed by atoms with Gasteiger partial charge in [-0.15, -0.1) is 11.3 Å². The molecule has 0 amide bonds. The molecule has 1 N–H and O–H groups in total. The van der Waals surface area contributed by atoms with Gasteiger partial charge in [0.1, 0.15) is 0 Å². The number of nitrogens with zero attached hydrogens (tertiary/aromatic N) is 1. The van der Waals surface area contributed by atoms with Crippen LogP contribution >= 0.6 is 11.3 Å². The van der Waals surface area contributed by atoms with Gasteiger partial charge in [0.05, 0.1) is 0 Å². The summed E-state index contributed by atoms with van der Waals surface area (Å²) in [5.74, 6) is 0. The Morgan fingerprint density at radius 1 is 1.47 bits per heavy atom. The smallest absolute Gasteiger partial charge is 0.0334 e. The molecule has 0 aliphatic carbocycles. The van der Waals surface area contributed by atoms with E-state index in [9.17, 15) is 0 Å². The highest BCUT2D eigenvalue weighted by Crippen LogP contribution is 2.29. The van der Waals surface area contributed by atoms with Crippen molar-refractivity contribution >= 4 is 11.3 Å². The van der Waals surface area contributed by atoms with Crippen LogP contribution in [0.5, 0.6) is 0 Å². The van der Waals surface area contributed by atoms with Crippen LogP contribution in [0.4, 0.5) is 0 Å². The Bertz CT molecular complexity index is 330. The minimum atomic E-state index is 0.358. The van der Waals surface area contributed by atoms with Gasteiger partial charge in [0.25, 0.3) is 0 Å². The molecule has 0 radical (unpaired) electrons. The van der Waals surface area contributed by atoms with Gasteiger partial charge in [0.15, 0.2) is 0 Å². The molecule has 1 aliphatic rings. The summed E-state index contributed by atoms with van der Waals surface area (Å²) >= 11 is 1.88. The van der Waals surface area contributed by atoms with Crippen LogP contribution in [-0.2, 0) is 6.54 Å². The summed E-state index contributed by atoms with van der Waals surface area (Å²) in [6.45, 7) is 10.3. The fourth-order valence-electron chi connectivity index (χ4n) is 2.83. The van der Waals surface area contributed by atoms with Crippen molar-refractivity contribution in [1.82, 2.24) is 10.2 Å². The Hall–Kier alpha value is -0.380. The summed E-state index contributed by atoms with van der Waals surface area (Å²) in [5.41, 5.74) is 0.358. The maximum atomic E-state index is 3.65. The highest BCUT2D eigenvalue weighted by atomic mass is 32.1. The van der Waals surface area contributed by atoms with Crippen molar-refractivity contribution in [1.29, 1.82) is 0 Å². The van der Waals surface area contributed by atoms with Crippen LogP contribution in [-0.4, -0.2) is 29.6 Å². The van der Waals surface area contributed by atoms with Crippen molar-refractivity contribution in [3.05, 3.63) is 22.4 Å². The van der Waals surface area contributed by atoms with E-state index in [1.54, 1.807) is 0 Å². The molecule has 2 nitrogen and oxygen atoms in total. The second-order valence-corrected chi connectivity index (χ2v) is 6.21. The first kappa shape index (κ1) is 13.1. The summed E-state index contributed by atoms with van der Waals surface area (Å²) in [6.07, 6.45) is 2.46. The second-order valence-electron chi connectivity index (χ2n) is 5.17. The SMILES string of the molecule is CCC1(CC)CNC(C)CN1Cc1cccs1. The molecule has 1 aromatic rings.